The van der Waals surface area contributed by atoms with Crippen LogP contribution < -0.4 is 20.7 Å². The van der Waals surface area contributed by atoms with Crippen LogP contribution in [0, 0.1) is 0 Å². The maximum Gasteiger partial charge on any atom is 0.238 e. The SMILES string of the molecule is NNc1ncc(Cl)c(Sc2ccc3c(c2)OCCCO3)n1. The van der Waals surface area contributed by atoms with Crippen molar-refractivity contribution in [3.8, 4) is 11.5 Å². The van der Waals surface area contributed by atoms with E-state index in [1.165, 1.54) is 18.0 Å². The van der Waals surface area contributed by atoms with E-state index in [2.05, 4.69) is 15.4 Å². The van der Waals surface area contributed by atoms with Gasteiger partial charge in [0.1, 0.15) is 5.03 Å². The molecule has 8 heteroatoms. The zero-order chi connectivity index (χ0) is 14.7. The number of benzene rings is 1. The van der Waals surface area contributed by atoms with Crippen LogP contribution in [-0.2, 0) is 0 Å². The van der Waals surface area contributed by atoms with Gasteiger partial charge in [0, 0.05) is 11.3 Å². The summed E-state index contributed by atoms with van der Waals surface area (Å²) in [6.45, 7) is 1.32. The number of nitrogens with zero attached hydrogens (tertiary/aromatic N) is 2. The summed E-state index contributed by atoms with van der Waals surface area (Å²) in [4.78, 5) is 9.12. The average molecular weight is 325 g/mol. The van der Waals surface area contributed by atoms with Gasteiger partial charge in [0.2, 0.25) is 5.95 Å². The van der Waals surface area contributed by atoms with E-state index in [0.29, 0.717) is 29.2 Å². The Bertz CT molecular complexity index is 656. The summed E-state index contributed by atoms with van der Waals surface area (Å²) in [6, 6.07) is 5.74. The van der Waals surface area contributed by atoms with Gasteiger partial charge < -0.3 is 9.47 Å². The number of halogens is 1. The zero-order valence-corrected chi connectivity index (χ0v) is 12.6. The molecule has 2 aromatic rings. The highest BCUT2D eigenvalue weighted by atomic mass is 35.5. The Morgan fingerprint density at radius 2 is 2.05 bits per heavy atom. The average Bonchev–Trinajstić information content (AvgIpc) is 2.74. The van der Waals surface area contributed by atoms with Crippen LogP contribution in [0.5, 0.6) is 11.5 Å². The lowest BCUT2D eigenvalue weighted by molar-refractivity contribution is 0.297. The first-order valence-corrected chi connectivity index (χ1v) is 7.52. The van der Waals surface area contributed by atoms with Crippen LogP contribution in [0.15, 0.2) is 34.3 Å². The fourth-order valence-electron chi connectivity index (χ4n) is 1.81. The monoisotopic (exact) mass is 324 g/mol. The van der Waals surface area contributed by atoms with Gasteiger partial charge in [-0.05, 0) is 18.2 Å². The Labute approximate surface area is 131 Å². The van der Waals surface area contributed by atoms with Crippen molar-refractivity contribution in [2.24, 2.45) is 5.84 Å². The number of aromatic nitrogens is 2. The van der Waals surface area contributed by atoms with E-state index in [9.17, 15) is 0 Å². The van der Waals surface area contributed by atoms with Crippen molar-refractivity contribution < 1.29 is 9.47 Å². The fourth-order valence-corrected chi connectivity index (χ4v) is 2.83. The number of nitrogen functional groups attached to an aromatic ring is 1. The summed E-state index contributed by atoms with van der Waals surface area (Å²) in [7, 11) is 0. The van der Waals surface area contributed by atoms with E-state index in [1.54, 1.807) is 0 Å². The van der Waals surface area contributed by atoms with Crippen molar-refractivity contribution in [2.75, 3.05) is 18.6 Å². The highest BCUT2D eigenvalue weighted by Crippen LogP contribution is 2.38. The summed E-state index contributed by atoms with van der Waals surface area (Å²) in [5.74, 6) is 7.12. The van der Waals surface area contributed by atoms with Gasteiger partial charge in [-0.15, -0.1) is 0 Å². The molecule has 3 N–H and O–H groups in total. The van der Waals surface area contributed by atoms with Crippen LogP contribution >= 0.6 is 23.4 Å². The van der Waals surface area contributed by atoms with Crippen LogP contribution in [0.25, 0.3) is 0 Å². The molecule has 0 saturated carbocycles. The molecular formula is C13H13ClN4O2S. The topological polar surface area (TPSA) is 82.3 Å². The molecule has 0 radical (unpaired) electrons. The second kappa shape index (κ2) is 6.38. The number of ether oxygens (including phenoxy) is 2. The standard InChI is InChI=1S/C13H13ClN4O2S/c14-9-7-16-13(18-15)17-12(9)21-8-2-3-10-11(6-8)20-5-1-4-19-10/h2-3,6-7H,1,4-5,15H2,(H,16,17,18). The molecule has 21 heavy (non-hydrogen) atoms. The van der Waals surface area contributed by atoms with Gasteiger partial charge in [-0.2, -0.15) is 0 Å². The first-order valence-electron chi connectivity index (χ1n) is 6.33. The molecule has 0 bridgehead atoms. The number of rotatable bonds is 3. The molecular weight excluding hydrogens is 312 g/mol. The quantitative estimate of drug-likeness (QED) is 0.510. The maximum atomic E-state index is 6.10. The Balaban J connectivity index is 1.86. The number of hydrazine groups is 1. The van der Waals surface area contributed by atoms with E-state index in [0.717, 1.165) is 22.8 Å². The Morgan fingerprint density at radius 3 is 2.86 bits per heavy atom. The lowest BCUT2D eigenvalue weighted by Crippen LogP contribution is -2.10. The third kappa shape index (κ3) is 3.31. The number of hydrogen-bond donors (Lipinski definition) is 2. The van der Waals surface area contributed by atoms with Gasteiger partial charge in [-0.25, -0.2) is 15.8 Å². The van der Waals surface area contributed by atoms with Gasteiger partial charge in [0.25, 0.3) is 0 Å². The summed E-state index contributed by atoms with van der Waals surface area (Å²) < 4.78 is 11.3. The van der Waals surface area contributed by atoms with Crippen LogP contribution in [-0.4, -0.2) is 23.2 Å². The van der Waals surface area contributed by atoms with E-state index < -0.39 is 0 Å². The Morgan fingerprint density at radius 1 is 1.24 bits per heavy atom. The zero-order valence-electron chi connectivity index (χ0n) is 11.0. The first-order chi connectivity index (χ1) is 10.3. The van der Waals surface area contributed by atoms with E-state index in [4.69, 9.17) is 26.9 Å². The van der Waals surface area contributed by atoms with Crippen molar-refractivity contribution >= 4 is 29.3 Å². The molecule has 0 fully saturated rings. The van der Waals surface area contributed by atoms with Crippen molar-refractivity contribution in [1.82, 2.24) is 9.97 Å². The smallest absolute Gasteiger partial charge is 0.238 e. The molecule has 110 valence electrons. The molecule has 1 aliphatic heterocycles. The van der Waals surface area contributed by atoms with Crippen molar-refractivity contribution in [3.63, 3.8) is 0 Å². The summed E-state index contributed by atoms with van der Waals surface area (Å²) in [5.41, 5.74) is 2.40. The van der Waals surface area contributed by atoms with E-state index in [-0.39, 0.29) is 0 Å². The molecule has 1 aromatic carbocycles. The summed E-state index contributed by atoms with van der Waals surface area (Å²) in [5, 5.41) is 1.08. The van der Waals surface area contributed by atoms with Gasteiger partial charge in [0.15, 0.2) is 11.5 Å². The first kappa shape index (κ1) is 14.2. The molecule has 0 saturated heterocycles. The normalized spacial score (nSPS) is 13.6. The largest absolute Gasteiger partial charge is 0.490 e. The third-order valence-corrected chi connectivity index (χ3v) is 4.16. The minimum absolute atomic E-state index is 0.316. The maximum absolute atomic E-state index is 6.10. The molecule has 0 unspecified atom stereocenters. The summed E-state index contributed by atoms with van der Waals surface area (Å²) >= 11 is 7.51. The molecule has 0 spiro atoms. The number of fused-ring (bicyclic) bond motifs is 1. The van der Waals surface area contributed by atoms with Crippen molar-refractivity contribution in [3.05, 3.63) is 29.4 Å². The molecule has 2 heterocycles. The van der Waals surface area contributed by atoms with Crippen LogP contribution in [0.4, 0.5) is 5.95 Å². The third-order valence-electron chi connectivity index (χ3n) is 2.77. The fraction of sp³-hybridized carbons (Fsp3) is 0.231. The molecule has 0 amide bonds. The molecule has 0 atom stereocenters. The molecule has 6 nitrogen and oxygen atoms in total. The molecule has 1 aliphatic rings. The van der Waals surface area contributed by atoms with Crippen LogP contribution in [0.2, 0.25) is 5.02 Å². The van der Waals surface area contributed by atoms with Crippen molar-refractivity contribution in [2.45, 2.75) is 16.3 Å². The lowest BCUT2D eigenvalue weighted by Gasteiger charge is -2.09. The predicted molar refractivity (Wildman–Crippen MR) is 81.0 cm³/mol. The Hall–Kier alpha value is -1.70. The second-order valence-corrected chi connectivity index (χ2v) is 5.72. The summed E-state index contributed by atoms with van der Waals surface area (Å²) in [6.07, 6.45) is 2.38. The highest BCUT2D eigenvalue weighted by Gasteiger charge is 2.13. The molecule has 3 rings (SSSR count). The van der Waals surface area contributed by atoms with E-state index in [1.807, 2.05) is 18.2 Å². The lowest BCUT2D eigenvalue weighted by atomic mass is 10.3. The van der Waals surface area contributed by atoms with Gasteiger partial charge in [-0.3, -0.25) is 5.43 Å². The van der Waals surface area contributed by atoms with Crippen molar-refractivity contribution in [1.29, 1.82) is 0 Å². The second-order valence-electron chi connectivity index (χ2n) is 4.25. The number of nitrogens with two attached hydrogens (primary N) is 1. The number of nitrogens with one attached hydrogen (secondary N) is 1. The van der Waals surface area contributed by atoms with Crippen LogP contribution in [0.3, 0.4) is 0 Å². The number of hydrogen-bond acceptors (Lipinski definition) is 7. The minimum atomic E-state index is 0.316. The number of anilines is 1. The van der Waals surface area contributed by atoms with Gasteiger partial charge in [-0.1, -0.05) is 23.4 Å². The Kier molecular flexibility index (Phi) is 4.33. The molecule has 0 aliphatic carbocycles. The minimum Gasteiger partial charge on any atom is -0.490 e. The highest BCUT2D eigenvalue weighted by molar-refractivity contribution is 7.99. The van der Waals surface area contributed by atoms with Gasteiger partial charge >= 0.3 is 0 Å². The molecule has 1 aromatic heterocycles. The van der Waals surface area contributed by atoms with Crippen LogP contribution in [0.1, 0.15) is 6.42 Å². The van der Waals surface area contributed by atoms with E-state index >= 15 is 0 Å². The van der Waals surface area contributed by atoms with Gasteiger partial charge in [0.05, 0.1) is 24.4 Å². The predicted octanol–water partition coefficient (Wildman–Crippen LogP) is 2.73.